The van der Waals surface area contributed by atoms with Gasteiger partial charge >= 0.3 is 12.1 Å². The number of sulfonamides is 1. The van der Waals surface area contributed by atoms with E-state index in [2.05, 4.69) is 43.9 Å². The molecule has 1 aliphatic heterocycles. The molecule has 3 rings (SSSR count). The Morgan fingerprint density at radius 2 is 1.92 bits per heavy atom. The molecule has 2 aromatic rings. The number of alkyl halides is 3. The van der Waals surface area contributed by atoms with Crippen LogP contribution in [0.1, 0.15) is 75.7 Å². The highest BCUT2D eigenvalue weighted by atomic mass is 32.2. The molecule has 1 aliphatic rings. The van der Waals surface area contributed by atoms with Crippen LogP contribution in [0.25, 0.3) is 0 Å². The molecule has 1 atom stereocenters. The number of nitrogens with one attached hydrogen (secondary N) is 1. The van der Waals surface area contributed by atoms with E-state index in [1.807, 2.05) is 0 Å². The summed E-state index contributed by atoms with van der Waals surface area (Å²) in [5.41, 5.74) is 0.803. The van der Waals surface area contributed by atoms with E-state index < -0.39 is 33.5 Å². The van der Waals surface area contributed by atoms with Gasteiger partial charge < -0.3 is 9.64 Å². The SMILES string of the molecule is CCCCN1c2cc(NS(=O)(=O)CC(F)(F)F)c(N=Nc3nnc(C(=O)OC(C)(C)C)s3)cc2CCC1CC. The van der Waals surface area contributed by atoms with Crippen molar-refractivity contribution in [2.75, 3.05) is 21.9 Å². The van der Waals surface area contributed by atoms with Crippen LogP contribution in [-0.4, -0.2) is 54.7 Å². The average Bonchev–Trinajstić information content (AvgIpc) is 3.27. The van der Waals surface area contributed by atoms with Crippen LogP contribution in [0.4, 0.5) is 35.4 Å². The minimum Gasteiger partial charge on any atom is -0.455 e. The topological polar surface area (TPSA) is 126 Å². The van der Waals surface area contributed by atoms with E-state index in [9.17, 15) is 26.4 Å². The molecule has 39 heavy (non-hydrogen) atoms. The fourth-order valence-corrected chi connectivity index (χ4v) is 5.70. The lowest BCUT2D eigenvalue weighted by atomic mass is 9.93. The number of carbonyl (C=O) groups excluding carboxylic acids is 1. The van der Waals surface area contributed by atoms with Crippen LogP contribution in [0.2, 0.25) is 0 Å². The average molecular weight is 591 g/mol. The van der Waals surface area contributed by atoms with Crippen molar-refractivity contribution >= 4 is 49.5 Å². The van der Waals surface area contributed by atoms with Gasteiger partial charge in [-0.2, -0.15) is 13.2 Å². The van der Waals surface area contributed by atoms with Gasteiger partial charge in [-0.05, 0) is 64.2 Å². The Morgan fingerprint density at radius 3 is 2.54 bits per heavy atom. The molecule has 1 unspecified atom stereocenters. The summed E-state index contributed by atoms with van der Waals surface area (Å²) in [5.74, 6) is -2.73. The Labute approximate surface area is 230 Å². The van der Waals surface area contributed by atoms with Gasteiger partial charge in [0.2, 0.25) is 15.0 Å². The third-order valence-electron chi connectivity index (χ3n) is 5.77. The summed E-state index contributed by atoms with van der Waals surface area (Å²) < 4.78 is 70.9. The third-order valence-corrected chi connectivity index (χ3v) is 7.79. The van der Waals surface area contributed by atoms with Crippen molar-refractivity contribution in [3.05, 3.63) is 22.7 Å². The van der Waals surface area contributed by atoms with E-state index in [1.54, 1.807) is 26.8 Å². The molecular weight excluding hydrogens is 557 g/mol. The Balaban J connectivity index is 2.00. The Hall–Kier alpha value is -2.81. The number of ether oxygens (including phenoxy) is 1. The van der Waals surface area contributed by atoms with Crippen LogP contribution in [0.15, 0.2) is 22.4 Å². The summed E-state index contributed by atoms with van der Waals surface area (Å²) in [6, 6.07) is 3.38. The second kappa shape index (κ2) is 12.1. The molecule has 1 aromatic carbocycles. The quantitative estimate of drug-likeness (QED) is 0.246. The summed E-state index contributed by atoms with van der Waals surface area (Å²) >= 11 is 0.816. The van der Waals surface area contributed by atoms with E-state index in [-0.39, 0.29) is 27.6 Å². The Morgan fingerprint density at radius 1 is 1.21 bits per heavy atom. The highest BCUT2D eigenvalue weighted by molar-refractivity contribution is 7.92. The van der Waals surface area contributed by atoms with E-state index in [1.165, 1.54) is 6.07 Å². The first-order valence-corrected chi connectivity index (χ1v) is 15.1. The van der Waals surface area contributed by atoms with E-state index in [0.717, 1.165) is 54.8 Å². The molecule has 216 valence electrons. The fourth-order valence-electron chi connectivity index (χ4n) is 4.16. The number of azo groups is 1. The number of hydrogen-bond acceptors (Lipinski definition) is 10. The van der Waals surface area contributed by atoms with Crippen molar-refractivity contribution in [2.24, 2.45) is 10.2 Å². The number of benzene rings is 1. The fraction of sp³-hybridized carbons (Fsp3) is 0.625. The summed E-state index contributed by atoms with van der Waals surface area (Å²) in [5, 5.41) is 15.6. The maximum absolute atomic E-state index is 12.9. The smallest absolute Gasteiger partial charge is 0.404 e. The van der Waals surface area contributed by atoms with E-state index in [4.69, 9.17) is 4.74 Å². The van der Waals surface area contributed by atoms with E-state index in [0.29, 0.717) is 6.42 Å². The molecule has 0 saturated carbocycles. The largest absolute Gasteiger partial charge is 0.455 e. The van der Waals surface area contributed by atoms with Crippen LogP contribution in [-0.2, 0) is 21.2 Å². The summed E-state index contributed by atoms with van der Waals surface area (Å²) in [6.07, 6.45) is -0.630. The first-order valence-electron chi connectivity index (χ1n) is 12.6. The number of unbranched alkanes of at least 4 members (excludes halogenated alkanes) is 1. The standard InChI is InChI=1S/C24H33F3N6O4S2/c1-6-8-11-33-16(7-2)10-9-15-12-17(18(13-19(15)33)32-39(35,36)14-24(25,26)27)28-30-22-31-29-20(38-22)21(34)37-23(3,4)5/h12-13,16,32H,6-11,14H2,1-5H3. The second-order valence-electron chi connectivity index (χ2n) is 10.2. The highest BCUT2D eigenvalue weighted by Crippen LogP contribution is 2.41. The number of rotatable bonds is 10. The molecule has 1 aromatic heterocycles. The van der Waals surface area contributed by atoms with E-state index >= 15 is 0 Å². The molecule has 2 heterocycles. The maximum Gasteiger partial charge on any atom is 0.404 e. The van der Waals surface area contributed by atoms with Crippen LogP contribution in [0.3, 0.4) is 0 Å². The maximum atomic E-state index is 12.9. The van der Waals surface area contributed by atoms with Gasteiger partial charge in [0.15, 0.2) is 5.75 Å². The Bertz CT molecular complexity index is 1310. The number of aromatic nitrogens is 2. The Kier molecular flexibility index (Phi) is 9.57. The van der Waals surface area contributed by atoms with Gasteiger partial charge in [0.25, 0.3) is 5.13 Å². The van der Waals surface area contributed by atoms with Gasteiger partial charge in [-0.1, -0.05) is 31.6 Å². The van der Waals surface area contributed by atoms with Crippen molar-refractivity contribution in [1.82, 2.24) is 10.2 Å². The van der Waals surface area contributed by atoms with Crippen LogP contribution < -0.4 is 9.62 Å². The minimum absolute atomic E-state index is 0.00621. The van der Waals surface area contributed by atoms with Crippen molar-refractivity contribution in [1.29, 1.82) is 0 Å². The van der Waals surface area contributed by atoms with Gasteiger partial charge in [0.05, 0.1) is 5.69 Å². The molecular formula is C24H33F3N6O4S2. The predicted octanol–water partition coefficient (Wildman–Crippen LogP) is 6.54. The van der Waals surface area contributed by atoms with Gasteiger partial charge in [0.1, 0.15) is 11.3 Å². The molecule has 10 nitrogen and oxygen atoms in total. The summed E-state index contributed by atoms with van der Waals surface area (Å²) in [4.78, 5) is 14.4. The predicted molar refractivity (Wildman–Crippen MR) is 144 cm³/mol. The van der Waals surface area contributed by atoms with Crippen LogP contribution in [0.5, 0.6) is 0 Å². The zero-order chi connectivity index (χ0) is 29.0. The number of esters is 1. The molecule has 0 aliphatic carbocycles. The molecule has 0 fully saturated rings. The number of hydrogen-bond donors (Lipinski definition) is 1. The number of aryl methyl sites for hydroxylation is 1. The zero-order valence-electron chi connectivity index (χ0n) is 22.5. The molecule has 0 saturated heterocycles. The second-order valence-corrected chi connectivity index (χ2v) is 12.9. The number of nitrogens with zero attached hydrogens (tertiary/aromatic N) is 5. The first kappa shape index (κ1) is 30.7. The van der Waals surface area contributed by atoms with Gasteiger partial charge in [0, 0.05) is 18.3 Å². The van der Waals surface area contributed by atoms with Crippen LogP contribution >= 0.6 is 11.3 Å². The van der Waals surface area contributed by atoms with Crippen LogP contribution in [0, 0.1) is 0 Å². The minimum atomic E-state index is -4.92. The number of carbonyl (C=O) groups is 1. The molecule has 0 spiro atoms. The molecule has 0 radical (unpaired) electrons. The number of fused-ring (bicyclic) bond motifs is 1. The summed E-state index contributed by atoms with van der Waals surface area (Å²) in [6.45, 7) is 9.98. The molecule has 15 heteroatoms. The molecule has 0 bridgehead atoms. The van der Waals surface area contributed by atoms with Gasteiger partial charge in [-0.3, -0.25) is 4.72 Å². The lowest BCUT2D eigenvalue weighted by Crippen LogP contribution is -2.39. The number of halogens is 3. The number of anilines is 2. The van der Waals surface area contributed by atoms with Crippen molar-refractivity contribution in [3.63, 3.8) is 0 Å². The molecule has 1 N–H and O–H groups in total. The lowest BCUT2D eigenvalue weighted by molar-refractivity contribution is -0.106. The van der Waals surface area contributed by atoms with Crippen molar-refractivity contribution in [3.8, 4) is 0 Å². The normalized spacial score (nSPS) is 16.4. The van der Waals surface area contributed by atoms with Gasteiger partial charge in [-0.25, -0.2) is 13.2 Å². The zero-order valence-corrected chi connectivity index (χ0v) is 24.1. The van der Waals surface area contributed by atoms with Gasteiger partial charge in [-0.15, -0.1) is 20.4 Å². The summed E-state index contributed by atoms with van der Waals surface area (Å²) in [7, 11) is -4.78. The lowest BCUT2D eigenvalue weighted by Gasteiger charge is -2.39. The monoisotopic (exact) mass is 590 g/mol. The first-order chi connectivity index (χ1) is 18.1. The van der Waals surface area contributed by atoms with Crippen molar-refractivity contribution in [2.45, 2.75) is 84.5 Å². The van der Waals surface area contributed by atoms with Crippen molar-refractivity contribution < 1.29 is 31.1 Å². The molecule has 0 amide bonds. The third kappa shape index (κ3) is 8.85. The highest BCUT2D eigenvalue weighted by Gasteiger charge is 2.36.